The number of nitrogens with zero attached hydrogens (tertiary/aromatic N) is 1. The average Bonchev–Trinajstić information content (AvgIpc) is 2.19. The van der Waals surface area contributed by atoms with Crippen molar-refractivity contribution in [1.29, 1.82) is 0 Å². The maximum atomic E-state index is 5.63. The Labute approximate surface area is 87.1 Å². The smallest absolute Gasteiger partial charge is 0.0826 e. The monoisotopic (exact) mass is 198 g/mol. The van der Waals surface area contributed by atoms with Gasteiger partial charge in [0.15, 0.2) is 0 Å². The van der Waals surface area contributed by atoms with Crippen LogP contribution in [0.2, 0.25) is 0 Å². The fourth-order valence-electron chi connectivity index (χ4n) is 1.70. The second-order valence-corrected chi connectivity index (χ2v) is 3.89. The van der Waals surface area contributed by atoms with Crippen LogP contribution in [-0.4, -0.2) is 50.8 Å². The quantitative estimate of drug-likeness (QED) is 0.664. The van der Waals surface area contributed by atoms with E-state index in [4.69, 9.17) is 4.74 Å². The van der Waals surface area contributed by atoms with Crippen LogP contribution >= 0.6 is 0 Å². The summed E-state index contributed by atoms with van der Waals surface area (Å²) in [6, 6.07) is 0. The van der Waals surface area contributed by atoms with E-state index in [1.165, 1.54) is 5.57 Å². The van der Waals surface area contributed by atoms with Crippen LogP contribution in [0.15, 0.2) is 12.2 Å². The largest absolute Gasteiger partial charge is 0.374 e. The highest BCUT2D eigenvalue weighted by molar-refractivity contribution is 4.96. The predicted octanol–water partition coefficient (Wildman–Crippen LogP) is 0.873. The van der Waals surface area contributed by atoms with Crippen molar-refractivity contribution in [3.63, 3.8) is 0 Å². The van der Waals surface area contributed by atoms with E-state index < -0.39 is 0 Å². The SMILES string of the molecule is C=C(CC)CN1CCOC(CNC)C1. The molecule has 0 aromatic carbocycles. The molecule has 0 saturated carbocycles. The van der Waals surface area contributed by atoms with Crippen LogP contribution in [0.3, 0.4) is 0 Å². The molecular weight excluding hydrogens is 176 g/mol. The van der Waals surface area contributed by atoms with Gasteiger partial charge in [-0.2, -0.15) is 0 Å². The lowest BCUT2D eigenvalue weighted by Crippen LogP contribution is -2.46. The fourth-order valence-corrected chi connectivity index (χ4v) is 1.70. The summed E-state index contributed by atoms with van der Waals surface area (Å²) in [5, 5.41) is 3.15. The van der Waals surface area contributed by atoms with Gasteiger partial charge in [0.2, 0.25) is 0 Å². The summed E-state index contributed by atoms with van der Waals surface area (Å²) in [4.78, 5) is 2.43. The van der Waals surface area contributed by atoms with Crippen LogP contribution < -0.4 is 5.32 Å². The Balaban J connectivity index is 2.28. The maximum Gasteiger partial charge on any atom is 0.0826 e. The lowest BCUT2D eigenvalue weighted by Gasteiger charge is -2.33. The average molecular weight is 198 g/mol. The molecule has 0 spiro atoms. The number of rotatable bonds is 5. The number of ether oxygens (including phenoxy) is 1. The first-order valence-electron chi connectivity index (χ1n) is 5.41. The van der Waals surface area contributed by atoms with Crippen LogP contribution in [0.25, 0.3) is 0 Å². The molecule has 14 heavy (non-hydrogen) atoms. The van der Waals surface area contributed by atoms with Gasteiger partial charge < -0.3 is 10.1 Å². The van der Waals surface area contributed by atoms with E-state index in [1.54, 1.807) is 0 Å². The number of likely N-dealkylation sites (N-methyl/N-ethyl adjacent to an activating group) is 1. The van der Waals surface area contributed by atoms with Gasteiger partial charge in [-0.15, -0.1) is 0 Å². The van der Waals surface area contributed by atoms with Crippen LogP contribution in [0.1, 0.15) is 13.3 Å². The second kappa shape index (κ2) is 6.17. The second-order valence-electron chi connectivity index (χ2n) is 3.89. The van der Waals surface area contributed by atoms with E-state index in [9.17, 15) is 0 Å². The molecule has 82 valence electrons. The van der Waals surface area contributed by atoms with Gasteiger partial charge >= 0.3 is 0 Å². The van der Waals surface area contributed by atoms with Crippen molar-refractivity contribution in [2.45, 2.75) is 19.4 Å². The van der Waals surface area contributed by atoms with E-state index in [2.05, 4.69) is 23.7 Å². The van der Waals surface area contributed by atoms with Crippen molar-refractivity contribution in [2.24, 2.45) is 0 Å². The van der Waals surface area contributed by atoms with Gasteiger partial charge in [-0.1, -0.05) is 19.1 Å². The van der Waals surface area contributed by atoms with Gasteiger partial charge in [-0.05, 0) is 13.5 Å². The molecule has 0 aromatic rings. The predicted molar refractivity (Wildman–Crippen MR) is 59.5 cm³/mol. The van der Waals surface area contributed by atoms with Crippen molar-refractivity contribution >= 4 is 0 Å². The summed E-state index contributed by atoms with van der Waals surface area (Å²) in [6.45, 7) is 11.1. The number of morpholine rings is 1. The Morgan fingerprint density at radius 2 is 2.43 bits per heavy atom. The van der Waals surface area contributed by atoms with E-state index >= 15 is 0 Å². The Kier molecular flexibility index (Phi) is 5.15. The van der Waals surface area contributed by atoms with Crippen LogP contribution in [-0.2, 0) is 4.74 Å². The summed E-state index contributed by atoms with van der Waals surface area (Å²) in [5.41, 5.74) is 1.31. The zero-order valence-corrected chi connectivity index (χ0v) is 9.38. The normalized spacial score (nSPS) is 23.7. The molecule has 1 rings (SSSR count). The first-order valence-corrected chi connectivity index (χ1v) is 5.41. The molecular formula is C11H22N2O. The minimum Gasteiger partial charge on any atom is -0.374 e. The molecule has 0 aromatic heterocycles. The van der Waals surface area contributed by atoms with Gasteiger partial charge in [0.1, 0.15) is 0 Å². The maximum absolute atomic E-state index is 5.63. The molecule has 1 fully saturated rings. The Bertz CT molecular complexity index is 180. The third-order valence-corrected chi connectivity index (χ3v) is 2.60. The zero-order valence-electron chi connectivity index (χ0n) is 9.38. The highest BCUT2D eigenvalue weighted by atomic mass is 16.5. The Morgan fingerprint density at radius 3 is 3.07 bits per heavy atom. The summed E-state index contributed by atoms with van der Waals surface area (Å²) >= 11 is 0. The minimum absolute atomic E-state index is 0.346. The van der Waals surface area contributed by atoms with Gasteiger partial charge in [0, 0.05) is 26.2 Å². The summed E-state index contributed by atoms with van der Waals surface area (Å²) in [6.07, 6.45) is 1.42. The first kappa shape index (κ1) is 11.7. The van der Waals surface area contributed by atoms with Crippen molar-refractivity contribution in [3.8, 4) is 0 Å². The van der Waals surface area contributed by atoms with E-state index in [-0.39, 0.29) is 0 Å². The van der Waals surface area contributed by atoms with Gasteiger partial charge in [0.25, 0.3) is 0 Å². The fraction of sp³-hybridized carbons (Fsp3) is 0.818. The topological polar surface area (TPSA) is 24.5 Å². The minimum atomic E-state index is 0.346. The Hall–Kier alpha value is -0.380. The third kappa shape index (κ3) is 3.78. The lowest BCUT2D eigenvalue weighted by atomic mass is 10.2. The summed E-state index contributed by atoms with van der Waals surface area (Å²) in [5.74, 6) is 0. The molecule has 1 N–H and O–H groups in total. The highest BCUT2D eigenvalue weighted by Gasteiger charge is 2.19. The van der Waals surface area contributed by atoms with Crippen LogP contribution in [0.4, 0.5) is 0 Å². The van der Waals surface area contributed by atoms with Crippen molar-refractivity contribution < 1.29 is 4.74 Å². The molecule has 3 nitrogen and oxygen atoms in total. The molecule has 1 saturated heterocycles. The number of nitrogens with one attached hydrogen (secondary N) is 1. The van der Waals surface area contributed by atoms with E-state index in [0.717, 1.165) is 39.2 Å². The molecule has 0 aliphatic carbocycles. The van der Waals surface area contributed by atoms with Gasteiger partial charge in [-0.3, -0.25) is 4.90 Å². The van der Waals surface area contributed by atoms with Crippen LogP contribution in [0.5, 0.6) is 0 Å². The molecule has 1 aliphatic heterocycles. The lowest BCUT2D eigenvalue weighted by molar-refractivity contribution is -0.0232. The van der Waals surface area contributed by atoms with Gasteiger partial charge in [-0.25, -0.2) is 0 Å². The first-order chi connectivity index (χ1) is 6.76. The zero-order chi connectivity index (χ0) is 10.4. The highest BCUT2D eigenvalue weighted by Crippen LogP contribution is 2.08. The molecule has 0 amide bonds. The molecule has 1 aliphatic rings. The number of hydrogen-bond donors (Lipinski definition) is 1. The van der Waals surface area contributed by atoms with Gasteiger partial charge in [0.05, 0.1) is 12.7 Å². The standard InChI is InChI=1S/C11H22N2O/c1-4-10(2)8-13-5-6-14-11(9-13)7-12-3/h11-12H,2,4-9H2,1,3H3. The van der Waals surface area contributed by atoms with E-state index in [0.29, 0.717) is 6.10 Å². The third-order valence-electron chi connectivity index (χ3n) is 2.60. The molecule has 1 atom stereocenters. The summed E-state index contributed by atoms with van der Waals surface area (Å²) in [7, 11) is 1.97. The molecule has 1 unspecified atom stereocenters. The van der Waals surface area contributed by atoms with Crippen molar-refractivity contribution in [2.75, 3.05) is 39.8 Å². The Morgan fingerprint density at radius 1 is 1.64 bits per heavy atom. The molecule has 3 heteroatoms. The molecule has 0 radical (unpaired) electrons. The van der Waals surface area contributed by atoms with Crippen LogP contribution in [0, 0.1) is 0 Å². The van der Waals surface area contributed by atoms with E-state index in [1.807, 2.05) is 7.05 Å². The van der Waals surface area contributed by atoms with Crippen molar-refractivity contribution in [3.05, 3.63) is 12.2 Å². The molecule has 1 heterocycles. The number of hydrogen-bond acceptors (Lipinski definition) is 3. The molecule has 0 bridgehead atoms. The van der Waals surface area contributed by atoms with Crippen molar-refractivity contribution in [1.82, 2.24) is 10.2 Å². The summed E-state index contributed by atoms with van der Waals surface area (Å²) < 4.78 is 5.63.